The Balaban J connectivity index is 1.69. The van der Waals surface area contributed by atoms with Gasteiger partial charge in [-0.25, -0.2) is 13.6 Å². The summed E-state index contributed by atoms with van der Waals surface area (Å²) in [7, 11) is -1.49. The maximum absolute atomic E-state index is 11.1. The fraction of sp³-hybridized carbons (Fsp3) is 0.571. The number of sulfonamides is 1. The molecule has 6 nitrogen and oxygen atoms in total. The zero-order valence-corrected chi connectivity index (χ0v) is 13.2. The average Bonchev–Trinajstić information content (AvgIpc) is 2.45. The van der Waals surface area contributed by atoms with Gasteiger partial charge in [-0.15, -0.1) is 0 Å². The van der Waals surface area contributed by atoms with E-state index in [2.05, 4.69) is 16.8 Å². The van der Waals surface area contributed by atoms with Gasteiger partial charge in [0.1, 0.15) is 5.75 Å². The van der Waals surface area contributed by atoms with E-state index >= 15 is 0 Å². The Morgan fingerprint density at radius 3 is 2.33 bits per heavy atom. The second-order valence-corrected chi connectivity index (χ2v) is 6.92. The lowest BCUT2D eigenvalue weighted by Crippen LogP contribution is -2.44. The van der Waals surface area contributed by atoms with Crippen LogP contribution in [0.3, 0.4) is 0 Å². The van der Waals surface area contributed by atoms with Gasteiger partial charge in [0.15, 0.2) is 0 Å². The number of primary sulfonamides is 1. The molecule has 118 valence electrons. The standard InChI is InChI=1S/C14H23N3O3S/c1-16-8-10-17(11-9-16)7-2-12-20-13-3-5-14(6-4-13)21(15,18)19/h3-6H,2,7-12H2,1H3,(H2,15,18,19). The Labute approximate surface area is 126 Å². The van der Waals surface area contributed by atoms with Gasteiger partial charge < -0.3 is 14.5 Å². The maximum atomic E-state index is 11.1. The Bertz CT molecular complexity index is 537. The summed E-state index contributed by atoms with van der Waals surface area (Å²) in [6.45, 7) is 6.12. The van der Waals surface area contributed by atoms with Crippen molar-refractivity contribution in [1.82, 2.24) is 9.80 Å². The van der Waals surface area contributed by atoms with Gasteiger partial charge in [-0.1, -0.05) is 0 Å². The predicted octanol–water partition coefficient (Wildman–Crippen LogP) is 0.350. The largest absolute Gasteiger partial charge is 0.494 e. The van der Waals surface area contributed by atoms with Crippen LogP contribution < -0.4 is 9.88 Å². The molecule has 1 fully saturated rings. The lowest BCUT2D eigenvalue weighted by atomic mass is 10.3. The summed E-state index contributed by atoms with van der Waals surface area (Å²) in [6, 6.07) is 6.20. The number of rotatable bonds is 6. The van der Waals surface area contributed by atoms with Crippen molar-refractivity contribution in [2.24, 2.45) is 5.14 Å². The molecule has 0 amide bonds. The van der Waals surface area contributed by atoms with Crippen molar-refractivity contribution in [2.45, 2.75) is 11.3 Å². The van der Waals surface area contributed by atoms with E-state index in [1.54, 1.807) is 12.1 Å². The highest BCUT2D eigenvalue weighted by Gasteiger charge is 2.12. The van der Waals surface area contributed by atoms with Crippen molar-refractivity contribution in [3.8, 4) is 5.75 Å². The van der Waals surface area contributed by atoms with Gasteiger partial charge in [0.05, 0.1) is 11.5 Å². The molecule has 21 heavy (non-hydrogen) atoms. The minimum absolute atomic E-state index is 0.104. The average molecular weight is 313 g/mol. The molecule has 0 aliphatic carbocycles. The SMILES string of the molecule is CN1CCN(CCCOc2ccc(S(N)(=O)=O)cc2)CC1. The fourth-order valence-corrected chi connectivity index (χ4v) is 2.79. The normalized spacial score (nSPS) is 17.8. The Hall–Kier alpha value is -1.15. The molecule has 1 aromatic rings. The lowest BCUT2D eigenvalue weighted by Gasteiger charge is -2.32. The molecule has 1 saturated heterocycles. The van der Waals surface area contributed by atoms with E-state index in [9.17, 15) is 8.42 Å². The van der Waals surface area contributed by atoms with Gasteiger partial charge in [-0.3, -0.25) is 0 Å². The Morgan fingerprint density at radius 2 is 1.76 bits per heavy atom. The van der Waals surface area contributed by atoms with Crippen LogP contribution in [-0.4, -0.2) is 64.6 Å². The number of nitrogens with two attached hydrogens (primary N) is 1. The summed E-state index contributed by atoms with van der Waals surface area (Å²) in [5.74, 6) is 0.667. The zero-order valence-electron chi connectivity index (χ0n) is 12.4. The second kappa shape index (κ2) is 7.22. The number of nitrogens with zero attached hydrogens (tertiary/aromatic N) is 2. The number of likely N-dealkylation sites (N-methyl/N-ethyl adjacent to an activating group) is 1. The van der Waals surface area contributed by atoms with E-state index in [0.717, 1.165) is 39.1 Å². The Kier molecular flexibility index (Phi) is 5.58. The highest BCUT2D eigenvalue weighted by atomic mass is 32.2. The van der Waals surface area contributed by atoms with Crippen LogP contribution in [0.4, 0.5) is 0 Å². The Morgan fingerprint density at radius 1 is 1.14 bits per heavy atom. The topological polar surface area (TPSA) is 75.9 Å². The smallest absolute Gasteiger partial charge is 0.238 e. The fourth-order valence-electron chi connectivity index (χ4n) is 2.28. The lowest BCUT2D eigenvalue weighted by molar-refractivity contribution is 0.145. The monoisotopic (exact) mass is 313 g/mol. The predicted molar refractivity (Wildman–Crippen MR) is 81.9 cm³/mol. The molecular weight excluding hydrogens is 290 g/mol. The molecule has 2 rings (SSSR count). The van der Waals surface area contributed by atoms with Crippen LogP contribution in [0.1, 0.15) is 6.42 Å². The minimum atomic E-state index is -3.63. The first kappa shape index (κ1) is 16.2. The summed E-state index contributed by atoms with van der Waals surface area (Å²) < 4.78 is 27.9. The van der Waals surface area contributed by atoms with Crippen molar-refractivity contribution in [2.75, 3.05) is 46.4 Å². The molecule has 1 aromatic carbocycles. The van der Waals surface area contributed by atoms with Gasteiger partial charge in [-0.2, -0.15) is 0 Å². The van der Waals surface area contributed by atoms with Crippen LogP contribution >= 0.6 is 0 Å². The first-order valence-electron chi connectivity index (χ1n) is 7.12. The van der Waals surface area contributed by atoms with Crippen LogP contribution in [0, 0.1) is 0 Å². The molecule has 1 aliphatic heterocycles. The molecular formula is C14H23N3O3S. The number of hydrogen-bond donors (Lipinski definition) is 1. The highest BCUT2D eigenvalue weighted by Crippen LogP contribution is 2.15. The van der Waals surface area contributed by atoms with Crippen molar-refractivity contribution in [3.05, 3.63) is 24.3 Å². The van der Waals surface area contributed by atoms with Crippen LogP contribution in [0.5, 0.6) is 5.75 Å². The molecule has 0 atom stereocenters. The first-order valence-corrected chi connectivity index (χ1v) is 8.66. The van der Waals surface area contributed by atoms with E-state index in [0.29, 0.717) is 12.4 Å². The van der Waals surface area contributed by atoms with Gasteiger partial charge >= 0.3 is 0 Å². The quantitative estimate of drug-likeness (QED) is 0.767. The van der Waals surface area contributed by atoms with E-state index in [-0.39, 0.29) is 4.90 Å². The second-order valence-electron chi connectivity index (χ2n) is 5.36. The molecule has 0 spiro atoms. The van der Waals surface area contributed by atoms with Crippen molar-refractivity contribution in [3.63, 3.8) is 0 Å². The third-order valence-corrected chi connectivity index (χ3v) is 4.56. The number of piperazine rings is 1. The number of hydrogen-bond acceptors (Lipinski definition) is 5. The molecule has 0 saturated carbocycles. The first-order chi connectivity index (χ1) is 9.95. The van der Waals surface area contributed by atoms with Crippen LogP contribution in [0.15, 0.2) is 29.2 Å². The van der Waals surface area contributed by atoms with Crippen LogP contribution in [0.25, 0.3) is 0 Å². The summed E-state index contributed by atoms with van der Waals surface area (Å²) >= 11 is 0. The summed E-state index contributed by atoms with van der Waals surface area (Å²) in [6.07, 6.45) is 0.959. The number of ether oxygens (including phenoxy) is 1. The zero-order chi connectivity index (χ0) is 15.3. The highest BCUT2D eigenvalue weighted by molar-refractivity contribution is 7.89. The molecule has 1 heterocycles. The molecule has 0 radical (unpaired) electrons. The molecule has 7 heteroatoms. The van der Waals surface area contributed by atoms with Gasteiger partial charge in [-0.05, 0) is 37.7 Å². The van der Waals surface area contributed by atoms with Crippen molar-refractivity contribution < 1.29 is 13.2 Å². The molecule has 0 unspecified atom stereocenters. The summed E-state index contributed by atoms with van der Waals surface area (Å²) in [4.78, 5) is 4.88. The summed E-state index contributed by atoms with van der Waals surface area (Å²) in [5, 5.41) is 5.04. The van der Waals surface area contributed by atoms with E-state index < -0.39 is 10.0 Å². The molecule has 0 aromatic heterocycles. The minimum Gasteiger partial charge on any atom is -0.494 e. The van der Waals surface area contributed by atoms with Gasteiger partial charge in [0, 0.05) is 32.7 Å². The maximum Gasteiger partial charge on any atom is 0.238 e. The third kappa shape index (κ3) is 5.28. The van der Waals surface area contributed by atoms with Crippen LogP contribution in [0.2, 0.25) is 0 Å². The van der Waals surface area contributed by atoms with E-state index in [1.165, 1.54) is 12.1 Å². The summed E-state index contributed by atoms with van der Waals surface area (Å²) in [5.41, 5.74) is 0. The van der Waals surface area contributed by atoms with Gasteiger partial charge in [0.25, 0.3) is 0 Å². The van der Waals surface area contributed by atoms with Crippen LogP contribution in [-0.2, 0) is 10.0 Å². The van der Waals surface area contributed by atoms with Crippen molar-refractivity contribution >= 4 is 10.0 Å². The van der Waals surface area contributed by atoms with Gasteiger partial charge in [0.2, 0.25) is 10.0 Å². The van der Waals surface area contributed by atoms with E-state index in [1.807, 2.05) is 0 Å². The molecule has 1 aliphatic rings. The third-order valence-electron chi connectivity index (χ3n) is 3.64. The van der Waals surface area contributed by atoms with E-state index in [4.69, 9.17) is 9.88 Å². The van der Waals surface area contributed by atoms with Crippen molar-refractivity contribution in [1.29, 1.82) is 0 Å². The number of benzene rings is 1. The molecule has 2 N–H and O–H groups in total. The molecule has 0 bridgehead atoms.